The van der Waals surface area contributed by atoms with Crippen molar-refractivity contribution in [3.63, 3.8) is 0 Å². The lowest BCUT2D eigenvalue weighted by Crippen LogP contribution is -2.54. The van der Waals surface area contributed by atoms with E-state index in [0.717, 1.165) is 25.7 Å². The number of alkyl halides is 3. The number of carbonyl (C=O) groups excluding carboxylic acids is 1. The molecule has 1 saturated carbocycles. The summed E-state index contributed by atoms with van der Waals surface area (Å²) in [5.41, 5.74) is 4.93. The third-order valence-corrected chi connectivity index (χ3v) is 5.48. The molecule has 1 amide bonds. The quantitative estimate of drug-likeness (QED) is 0.767. The predicted octanol–water partition coefficient (Wildman–Crippen LogP) is 2.98. The van der Waals surface area contributed by atoms with E-state index in [4.69, 9.17) is 10.5 Å². The Hall–Kier alpha value is -2.00. The Bertz CT molecular complexity index is 694. The van der Waals surface area contributed by atoms with Crippen molar-refractivity contribution in [1.29, 1.82) is 0 Å². The van der Waals surface area contributed by atoms with Gasteiger partial charge >= 0.3 is 6.36 Å². The Morgan fingerprint density at radius 3 is 2.43 bits per heavy atom. The molecule has 0 bridgehead atoms. The lowest BCUT2D eigenvalue weighted by Gasteiger charge is -2.33. The molecule has 3 rings (SSSR count). The molecule has 28 heavy (non-hydrogen) atoms. The highest BCUT2D eigenvalue weighted by Crippen LogP contribution is 2.36. The van der Waals surface area contributed by atoms with Gasteiger partial charge in [-0.3, -0.25) is 15.8 Å². The number of nitrogens with two attached hydrogens (primary N) is 1. The maximum absolute atomic E-state index is 12.9. The van der Waals surface area contributed by atoms with Crippen LogP contribution >= 0.6 is 0 Å². The van der Waals surface area contributed by atoms with Gasteiger partial charge in [-0.15, -0.1) is 13.2 Å². The number of rotatable bonds is 6. The van der Waals surface area contributed by atoms with Crippen molar-refractivity contribution in [3.05, 3.63) is 24.3 Å². The van der Waals surface area contributed by atoms with Gasteiger partial charge in [-0.2, -0.15) is 0 Å². The van der Waals surface area contributed by atoms with Crippen molar-refractivity contribution in [2.45, 2.75) is 56.7 Å². The molecule has 2 aliphatic rings. The summed E-state index contributed by atoms with van der Waals surface area (Å²) in [5.74, 6) is -0.375. The Kier molecular flexibility index (Phi) is 6.04. The summed E-state index contributed by atoms with van der Waals surface area (Å²) >= 11 is 0. The highest BCUT2D eigenvalue weighted by molar-refractivity contribution is 5.88. The molecule has 1 aromatic carbocycles. The monoisotopic (exact) mass is 401 g/mol. The van der Waals surface area contributed by atoms with Gasteiger partial charge < -0.3 is 14.4 Å². The molecule has 6 nitrogen and oxygen atoms in total. The number of halogens is 3. The molecule has 0 aromatic heterocycles. The largest absolute Gasteiger partial charge is 0.573 e. The van der Waals surface area contributed by atoms with Crippen LogP contribution in [0.3, 0.4) is 0 Å². The van der Waals surface area contributed by atoms with Crippen molar-refractivity contribution in [1.82, 2.24) is 10.2 Å². The number of hydrogen-bond acceptors (Lipinski definition) is 5. The second kappa shape index (κ2) is 8.16. The van der Waals surface area contributed by atoms with Crippen LogP contribution in [0.15, 0.2) is 24.3 Å². The fourth-order valence-corrected chi connectivity index (χ4v) is 4.08. The van der Waals surface area contributed by atoms with E-state index >= 15 is 0 Å². The minimum atomic E-state index is -4.83. The Labute approximate surface area is 162 Å². The van der Waals surface area contributed by atoms with Crippen LogP contribution < -0.4 is 20.5 Å². The number of nitrogens with one attached hydrogen (secondary N) is 1. The number of nitrogens with zero attached hydrogens (tertiary/aromatic N) is 1. The number of carbonyl (C=O) groups is 1. The van der Waals surface area contributed by atoms with Crippen LogP contribution in [-0.4, -0.2) is 42.7 Å². The molecule has 1 aliphatic heterocycles. The van der Waals surface area contributed by atoms with Crippen LogP contribution in [0.4, 0.5) is 13.2 Å². The molecule has 0 radical (unpaired) electrons. The third kappa shape index (κ3) is 4.70. The molecule has 0 spiro atoms. The van der Waals surface area contributed by atoms with Crippen LogP contribution in [0.5, 0.6) is 11.5 Å². The van der Waals surface area contributed by atoms with Gasteiger partial charge in [0.25, 0.3) is 0 Å². The van der Waals surface area contributed by atoms with E-state index in [9.17, 15) is 18.0 Å². The molecular weight excluding hydrogens is 375 g/mol. The van der Waals surface area contributed by atoms with Crippen molar-refractivity contribution in [2.24, 2.45) is 11.7 Å². The average molecular weight is 401 g/mol. The SMILES string of the molecule is CN1C(=O)C(COc2ccccc2OC(F)(F)F)(CC2CCCCC2)NC1N. The average Bonchev–Trinajstić information content (AvgIpc) is 2.85. The topological polar surface area (TPSA) is 76.8 Å². The first-order valence-electron chi connectivity index (χ1n) is 9.48. The first kappa shape index (κ1) is 20.7. The second-order valence-electron chi connectivity index (χ2n) is 7.58. The molecule has 9 heteroatoms. The summed E-state index contributed by atoms with van der Waals surface area (Å²) in [6, 6.07) is 5.54. The smallest absolute Gasteiger partial charge is 0.487 e. The van der Waals surface area contributed by atoms with Gasteiger partial charge in [-0.1, -0.05) is 44.2 Å². The zero-order chi connectivity index (χ0) is 20.4. The molecule has 2 atom stereocenters. The molecule has 1 heterocycles. The maximum atomic E-state index is 12.9. The van der Waals surface area contributed by atoms with Gasteiger partial charge in [0.2, 0.25) is 5.91 Å². The summed E-state index contributed by atoms with van der Waals surface area (Å²) in [7, 11) is 1.60. The molecule has 2 fully saturated rings. The van der Waals surface area contributed by atoms with Crippen LogP contribution in [0, 0.1) is 5.92 Å². The highest BCUT2D eigenvalue weighted by Gasteiger charge is 2.50. The van der Waals surface area contributed by atoms with E-state index in [-0.39, 0.29) is 18.3 Å². The molecule has 2 unspecified atom stereocenters. The minimum absolute atomic E-state index is 0.0689. The second-order valence-corrected chi connectivity index (χ2v) is 7.58. The van der Waals surface area contributed by atoms with E-state index < -0.39 is 23.9 Å². The third-order valence-electron chi connectivity index (χ3n) is 5.48. The van der Waals surface area contributed by atoms with Crippen molar-refractivity contribution >= 4 is 5.91 Å². The zero-order valence-electron chi connectivity index (χ0n) is 15.8. The van der Waals surface area contributed by atoms with Crippen LogP contribution in [-0.2, 0) is 4.79 Å². The molecule has 1 saturated heterocycles. The van der Waals surface area contributed by atoms with Gasteiger partial charge in [0.1, 0.15) is 18.4 Å². The number of ether oxygens (including phenoxy) is 2. The first-order valence-corrected chi connectivity index (χ1v) is 9.48. The van der Waals surface area contributed by atoms with Crippen molar-refractivity contribution < 1.29 is 27.4 Å². The zero-order valence-corrected chi connectivity index (χ0v) is 15.8. The van der Waals surface area contributed by atoms with E-state index in [1.807, 2.05) is 0 Å². The number of likely N-dealkylation sites (N-methyl/N-ethyl adjacent to an activating group) is 1. The number of hydrogen-bond donors (Lipinski definition) is 2. The lowest BCUT2D eigenvalue weighted by molar-refractivity contribution is -0.275. The van der Waals surface area contributed by atoms with Gasteiger partial charge in [-0.05, 0) is 24.5 Å². The molecule has 1 aliphatic carbocycles. The number of para-hydroxylation sites is 2. The van der Waals surface area contributed by atoms with Crippen LogP contribution in [0.25, 0.3) is 0 Å². The Morgan fingerprint density at radius 1 is 1.21 bits per heavy atom. The predicted molar refractivity (Wildman–Crippen MR) is 96.4 cm³/mol. The maximum Gasteiger partial charge on any atom is 0.573 e. The molecular formula is C19H26F3N3O3. The number of benzene rings is 1. The van der Waals surface area contributed by atoms with E-state index in [1.54, 1.807) is 13.1 Å². The van der Waals surface area contributed by atoms with Gasteiger partial charge in [0, 0.05) is 7.05 Å². The summed E-state index contributed by atoms with van der Waals surface area (Å²) in [4.78, 5) is 14.3. The number of amides is 1. The standard InChI is InChI=1S/C19H26F3N3O3/c1-25-16(26)18(24-17(25)23,11-13-7-3-2-4-8-13)12-27-14-9-5-6-10-15(14)28-19(20,21)22/h5-6,9-10,13,17,24H,2-4,7-8,11-12,23H2,1H3. The fourth-order valence-electron chi connectivity index (χ4n) is 4.08. The van der Waals surface area contributed by atoms with E-state index in [2.05, 4.69) is 10.1 Å². The summed E-state index contributed by atoms with van der Waals surface area (Å²) in [6.07, 6.45) is 0.479. The van der Waals surface area contributed by atoms with Crippen molar-refractivity contribution in [2.75, 3.05) is 13.7 Å². The van der Waals surface area contributed by atoms with Crippen LogP contribution in [0.2, 0.25) is 0 Å². The summed E-state index contributed by atoms with van der Waals surface area (Å²) in [6.45, 7) is -0.126. The van der Waals surface area contributed by atoms with Gasteiger partial charge in [-0.25, -0.2) is 0 Å². The Balaban J connectivity index is 1.78. The van der Waals surface area contributed by atoms with Crippen LogP contribution in [0.1, 0.15) is 38.5 Å². The van der Waals surface area contributed by atoms with Gasteiger partial charge in [0.15, 0.2) is 11.5 Å². The lowest BCUT2D eigenvalue weighted by atomic mass is 9.79. The first-order chi connectivity index (χ1) is 13.2. The summed E-state index contributed by atoms with van der Waals surface area (Å²) in [5, 5.41) is 3.12. The highest BCUT2D eigenvalue weighted by atomic mass is 19.4. The van der Waals surface area contributed by atoms with Crippen molar-refractivity contribution in [3.8, 4) is 11.5 Å². The molecule has 156 valence electrons. The molecule has 3 N–H and O–H groups in total. The normalized spacial score (nSPS) is 26.5. The van der Waals surface area contributed by atoms with Gasteiger partial charge in [0.05, 0.1) is 0 Å². The fraction of sp³-hybridized carbons (Fsp3) is 0.632. The minimum Gasteiger partial charge on any atom is -0.487 e. The van der Waals surface area contributed by atoms with E-state index in [1.165, 1.54) is 29.5 Å². The Morgan fingerprint density at radius 2 is 1.86 bits per heavy atom. The van der Waals surface area contributed by atoms with E-state index in [0.29, 0.717) is 12.3 Å². The molecule has 1 aromatic rings. The summed E-state index contributed by atoms with van der Waals surface area (Å²) < 4.78 is 47.7.